The molecule has 0 spiro atoms. The fourth-order valence-electron chi connectivity index (χ4n) is 3.19. The molecule has 1 N–H and O–H groups in total. The molecule has 1 unspecified atom stereocenters. The Morgan fingerprint density at radius 3 is 2.95 bits per heavy atom. The summed E-state index contributed by atoms with van der Waals surface area (Å²) in [4.78, 5) is 0. The van der Waals surface area contributed by atoms with Crippen LogP contribution in [0.5, 0.6) is 0 Å². The summed E-state index contributed by atoms with van der Waals surface area (Å²) in [6.45, 7) is 1.03. The lowest BCUT2D eigenvalue weighted by Crippen LogP contribution is -2.22. The van der Waals surface area contributed by atoms with Crippen molar-refractivity contribution in [1.82, 2.24) is 15.1 Å². The summed E-state index contributed by atoms with van der Waals surface area (Å²) in [6.07, 6.45) is 8.03. The lowest BCUT2D eigenvalue weighted by molar-refractivity contribution is 0.471. The second-order valence-electron chi connectivity index (χ2n) is 5.59. The van der Waals surface area contributed by atoms with E-state index in [1.165, 1.54) is 36.1 Å². The van der Waals surface area contributed by atoms with Crippen LogP contribution < -0.4 is 5.32 Å². The van der Waals surface area contributed by atoms with Gasteiger partial charge in [0.25, 0.3) is 0 Å². The minimum atomic E-state index is 0.502. The van der Waals surface area contributed by atoms with Crippen LogP contribution in [0.4, 0.5) is 0 Å². The molecule has 0 saturated carbocycles. The monoisotopic (exact) mass is 269 g/mol. The molecule has 1 aliphatic rings. The van der Waals surface area contributed by atoms with Gasteiger partial charge in [-0.05, 0) is 44.7 Å². The van der Waals surface area contributed by atoms with E-state index in [2.05, 4.69) is 51.6 Å². The fraction of sp³-hybridized carbons (Fsp3) is 0.471. The Morgan fingerprint density at radius 1 is 1.30 bits per heavy atom. The number of rotatable bonds is 5. The molecule has 0 radical (unpaired) electrons. The van der Waals surface area contributed by atoms with E-state index < -0.39 is 0 Å². The maximum atomic E-state index is 4.60. The molecule has 3 rings (SSSR count). The van der Waals surface area contributed by atoms with Crippen molar-refractivity contribution in [3.63, 3.8) is 0 Å². The van der Waals surface area contributed by atoms with Gasteiger partial charge in [0.2, 0.25) is 0 Å². The van der Waals surface area contributed by atoms with Crippen molar-refractivity contribution < 1.29 is 0 Å². The maximum absolute atomic E-state index is 4.60. The van der Waals surface area contributed by atoms with Gasteiger partial charge in [-0.2, -0.15) is 5.10 Å². The van der Waals surface area contributed by atoms with Gasteiger partial charge in [0, 0.05) is 23.8 Å². The van der Waals surface area contributed by atoms with E-state index >= 15 is 0 Å². The molecule has 1 aromatic carbocycles. The highest BCUT2D eigenvalue weighted by molar-refractivity contribution is 5.24. The molecule has 0 saturated heterocycles. The SMILES string of the molecule is CNC1CCCc2c1cnn2CCCc1ccccc1. The van der Waals surface area contributed by atoms with Crippen LogP contribution in [0, 0.1) is 0 Å². The first-order valence-electron chi connectivity index (χ1n) is 7.64. The lowest BCUT2D eigenvalue weighted by atomic mass is 9.93. The molecule has 0 amide bonds. The summed E-state index contributed by atoms with van der Waals surface area (Å²) in [5.74, 6) is 0. The van der Waals surface area contributed by atoms with Gasteiger partial charge >= 0.3 is 0 Å². The second kappa shape index (κ2) is 6.23. The Hall–Kier alpha value is -1.61. The molecule has 20 heavy (non-hydrogen) atoms. The number of nitrogens with one attached hydrogen (secondary N) is 1. The first kappa shape index (κ1) is 13.4. The van der Waals surface area contributed by atoms with Crippen LogP contribution in [0.2, 0.25) is 0 Å². The van der Waals surface area contributed by atoms with Crippen LogP contribution in [0.25, 0.3) is 0 Å². The predicted molar refractivity (Wildman–Crippen MR) is 81.7 cm³/mol. The van der Waals surface area contributed by atoms with Gasteiger partial charge in [-0.25, -0.2) is 0 Å². The molecular weight excluding hydrogens is 246 g/mol. The van der Waals surface area contributed by atoms with Crippen molar-refractivity contribution in [3.05, 3.63) is 53.3 Å². The highest BCUT2D eigenvalue weighted by Crippen LogP contribution is 2.29. The van der Waals surface area contributed by atoms with E-state index in [1.807, 2.05) is 7.05 Å². The van der Waals surface area contributed by atoms with E-state index in [0.29, 0.717) is 6.04 Å². The lowest BCUT2D eigenvalue weighted by Gasteiger charge is -2.22. The number of hydrogen-bond donors (Lipinski definition) is 1. The van der Waals surface area contributed by atoms with Crippen molar-refractivity contribution in [2.45, 2.75) is 44.7 Å². The average Bonchev–Trinajstić information content (AvgIpc) is 2.92. The van der Waals surface area contributed by atoms with Crippen molar-refractivity contribution >= 4 is 0 Å². The molecular formula is C17H23N3. The number of aromatic nitrogens is 2. The molecule has 0 fully saturated rings. The Morgan fingerprint density at radius 2 is 2.15 bits per heavy atom. The van der Waals surface area contributed by atoms with E-state index in [-0.39, 0.29) is 0 Å². The Kier molecular flexibility index (Phi) is 4.16. The molecule has 3 nitrogen and oxygen atoms in total. The van der Waals surface area contributed by atoms with Gasteiger partial charge in [0.15, 0.2) is 0 Å². The Balaban J connectivity index is 1.63. The Bertz CT molecular complexity index is 545. The topological polar surface area (TPSA) is 29.9 Å². The van der Waals surface area contributed by atoms with Gasteiger partial charge in [-0.3, -0.25) is 4.68 Å². The number of hydrogen-bond acceptors (Lipinski definition) is 2. The quantitative estimate of drug-likeness (QED) is 0.904. The standard InChI is InChI=1S/C17H23N3/c1-18-16-10-5-11-17-15(16)13-19-20(17)12-6-9-14-7-3-2-4-8-14/h2-4,7-8,13,16,18H,5-6,9-12H2,1H3. The molecule has 1 atom stereocenters. The zero-order valence-corrected chi connectivity index (χ0v) is 12.2. The van der Waals surface area contributed by atoms with E-state index in [0.717, 1.165) is 19.4 Å². The van der Waals surface area contributed by atoms with Gasteiger partial charge in [0.1, 0.15) is 0 Å². The molecule has 3 heteroatoms. The predicted octanol–water partition coefficient (Wildman–Crippen LogP) is 3.11. The normalized spacial score (nSPS) is 17.9. The van der Waals surface area contributed by atoms with Crippen LogP contribution in [-0.4, -0.2) is 16.8 Å². The summed E-state index contributed by atoms with van der Waals surface area (Å²) in [5, 5.41) is 8.01. The molecule has 0 aliphatic heterocycles. The zero-order valence-electron chi connectivity index (χ0n) is 12.2. The van der Waals surface area contributed by atoms with E-state index in [9.17, 15) is 0 Å². The average molecular weight is 269 g/mol. The molecule has 2 aromatic rings. The van der Waals surface area contributed by atoms with Gasteiger partial charge in [-0.15, -0.1) is 0 Å². The highest BCUT2D eigenvalue weighted by atomic mass is 15.3. The van der Waals surface area contributed by atoms with Gasteiger partial charge in [0.05, 0.1) is 6.20 Å². The van der Waals surface area contributed by atoms with Gasteiger partial charge < -0.3 is 5.32 Å². The largest absolute Gasteiger partial charge is 0.313 e. The van der Waals surface area contributed by atoms with Crippen LogP contribution in [0.15, 0.2) is 36.5 Å². The summed E-state index contributed by atoms with van der Waals surface area (Å²) in [7, 11) is 2.05. The van der Waals surface area contributed by atoms with Crippen LogP contribution in [0.3, 0.4) is 0 Å². The smallest absolute Gasteiger partial charge is 0.0540 e. The molecule has 1 heterocycles. The van der Waals surface area contributed by atoms with Gasteiger partial charge in [-0.1, -0.05) is 30.3 Å². The van der Waals surface area contributed by atoms with Crippen LogP contribution >= 0.6 is 0 Å². The molecule has 0 bridgehead atoms. The van der Waals surface area contributed by atoms with E-state index in [1.54, 1.807) is 0 Å². The summed E-state index contributed by atoms with van der Waals surface area (Å²) in [6, 6.07) is 11.2. The zero-order chi connectivity index (χ0) is 13.8. The molecule has 106 valence electrons. The minimum absolute atomic E-state index is 0.502. The van der Waals surface area contributed by atoms with Crippen molar-refractivity contribution in [2.75, 3.05) is 7.05 Å². The third kappa shape index (κ3) is 2.78. The third-order valence-corrected chi connectivity index (χ3v) is 4.29. The van der Waals surface area contributed by atoms with Crippen LogP contribution in [-0.2, 0) is 19.4 Å². The number of aryl methyl sites for hydroxylation is 2. The first-order chi connectivity index (χ1) is 9.88. The van der Waals surface area contributed by atoms with E-state index in [4.69, 9.17) is 0 Å². The highest BCUT2D eigenvalue weighted by Gasteiger charge is 2.22. The maximum Gasteiger partial charge on any atom is 0.0540 e. The number of benzene rings is 1. The fourth-order valence-corrected chi connectivity index (χ4v) is 3.19. The molecule has 1 aliphatic carbocycles. The van der Waals surface area contributed by atoms with Crippen molar-refractivity contribution in [3.8, 4) is 0 Å². The first-order valence-corrected chi connectivity index (χ1v) is 7.64. The van der Waals surface area contributed by atoms with Crippen molar-refractivity contribution in [2.24, 2.45) is 0 Å². The summed E-state index contributed by atoms with van der Waals surface area (Å²) in [5.41, 5.74) is 4.28. The molecule has 1 aromatic heterocycles. The summed E-state index contributed by atoms with van der Waals surface area (Å²) < 4.78 is 2.22. The number of fused-ring (bicyclic) bond motifs is 1. The summed E-state index contributed by atoms with van der Waals surface area (Å²) >= 11 is 0. The Labute approximate surface area is 121 Å². The van der Waals surface area contributed by atoms with Crippen LogP contribution in [0.1, 0.15) is 42.1 Å². The van der Waals surface area contributed by atoms with Crippen molar-refractivity contribution in [1.29, 1.82) is 0 Å². The second-order valence-corrected chi connectivity index (χ2v) is 5.59. The minimum Gasteiger partial charge on any atom is -0.313 e. The third-order valence-electron chi connectivity index (χ3n) is 4.29. The number of nitrogens with zero attached hydrogens (tertiary/aromatic N) is 2.